The van der Waals surface area contributed by atoms with Gasteiger partial charge in [0.2, 0.25) is 5.91 Å². The predicted molar refractivity (Wildman–Crippen MR) is 115 cm³/mol. The molecule has 0 radical (unpaired) electrons. The number of rotatable bonds is 14. The van der Waals surface area contributed by atoms with Gasteiger partial charge in [0.1, 0.15) is 12.1 Å². The number of carbonyl (C=O) groups excluding carboxylic acids is 3. The Labute approximate surface area is 176 Å². The highest BCUT2D eigenvalue weighted by atomic mass is 16.5. The minimum absolute atomic E-state index is 0.160. The number of hydrogen-bond acceptors (Lipinski definition) is 5. The molecule has 0 bridgehead atoms. The van der Waals surface area contributed by atoms with Crippen LogP contribution in [0.1, 0.15) is 92.9 Å². The van der Waals surface area contributed by atoms with Gasteiger partial charge in [0, 0.05) is 0 Å². The highest BCUT2D eigenvalue weighted by Crippen LogP contribution is 2.13. The van der Waals surface area contributed by atoms with E-state index in [1.54, 1.807) is 0 Å². The molecule has 0 saturated carbocycles. The van der Waals surface area contributed by atoms with Crippen molar-refractivity contribution in [3.05, 3.63) is 0 Å². The van der Waals surface area contributed by atoms with Crippen LogP contribution in [0.15, 0.2) is 0 Å². The lowest BCUT2D eigenvalue weighted by atomic mass is 9.99. The van der Waals surface area contributed by atoms with Crippen LogP contribution < -0.4 is 10.6 Å². The fourth-order valence-corrected chi connectivity index (χ4v) is 2.64. The van der Waals surface area contributed by atoms with E-state index in [0.717, 1.165) is 32.1 Å². The van der Waals surface area contributed by atoms with Gasteiger partial charge < -0.3 is 20.1 Å². The van der Waals surface area contributed by atoms with Crippen molar-refractivity contribution in [3.8, 4) is 0 Å². The molecule has 0 saturated heterocycles. The van der Waals surface area contributed by atoms with Gasteiger partial charge in [-0.3, -0.25) is 4.79 Å². The molecule has 7 nitrogen and oxygen atoms in total. The number of esters is 1. The first-order valence-corrected chi connectivity index (χ1v) is 11.0. The third kappa shape index (κ3) is 13.9. The fraction of sp³-hybridized carbons (Fsp3) is 0.864. The molecule has 0 aromatic rings. The standard InChI is InChI=1S/C22H42N2O5/c1-7-10-11-12-15-28-20(26)18(14-9-3)23-19(25)17(13-8-2)24-21(27)29-16-22(4,5)6/h17-18H,7-16H2,1-6H3,(H,23,25)(H,24,27). The van der Waals surface area contributed by atoms with Crippen molar-refractivity contribution < 1.29 is 23.9 Å². The Kier molecular flexibility index (Phi) is 14.2. The summed E-state index contributed by atoms with van der Waals surface area (Å²) in [7, 11) is 0. The van der Waals surface area contributed by atoms with E-state index in [1.807, 2.05) is 34.6 Å². The maximum atomic E-state index is 12.7. The second kappa shape index (κ2) is 15.1. The molecule has 7 heteroatoms. The SMILES string of the molecule is CCCCCCOC(=O)C(CCC)NC(=O)C(CCC)NC(=O)OCC(C)(C)C. The van der Waals surface area contributed by atoms with E-state index in [-0.39, 0.29) is 17.9 Å². The average molecular weight is 415 g/mol. The van der Waals surface area contributed by atoms with Crippen molar-refractivity contribution in [2.75, 3.05) is 13.2 Å². The average Bonchev–Trinajstić information content (AvgIpc) is 2.64. The van der Waals surface area contributed by atoms with E-state index in [0.29, 0.717) is 25.9 Å². The minimum Gasteiger partial charge on any atom is -0.464 e. The Morgan fingerprint density at radius 3 is 1.97 bits per heavy atom. The zero-order chi connectivity index (χ0) is 22.3. The van der Waals surface area contributed by atoms with Crippen molar-refractivity contribution in [2.24, 2.45) is 5.41 Å². The summed E-state index contributed by atoms with van der Waals surface area (Å²) in [6.45, 7) is 12.5. The number of hydrogen-bond donors (Lipinski definition) is 2. The van der Waals surface area contributed by atoms with E-state index in [4.69, 9.17) is 9.47 Å². The molecule has 2 unspecified atom stereocenters. The maximum Gasteiger partial charge on any atom is 0.407 e. The first-order valence-electron chi connectivity index (χ1n) is 11.0. The van der Waals surface area contributed by atoms with E-state index < -0.39 is 24.1 Å². The number of amides is 2. The highest BCUT2D eigenvalue weighted by Gasteiger charge is 2.27. The lowest BCUT2D eigenvalue weighted by molar-refractivity contribution is -0.148. The first-order chi connectivity index (χ1) is 13.6. The largest absolute Gasteiger partial charge is 0.464 e. The molecule has 0 fully saturated rings. The Morgan fingerprint density at radius 2 is 1.41 bits per heavy atom. The molecule has 0 heterocycles. The summed E-state index contributed by atoms with van der Waals surface area (Å²) in [5, 5.41) is 5.37. The van der Waals surface area contributed by atoms with Crippen LogP contribution in [-0.4, -0.2) is 43.3 Å². The van der Waals surface area contributed by atoms with E-state index >= 15 is 0 Å². The van der Waals surface area contributed by atoms with Crippen molar-refractivity contribution in [1.82, 2.24) is 10.6 Å². The molecule has 2 atom stereocenters. The number of ether oxygens (including phenoxy) is 2. The summed E-state index contributed by atoms with van der Waals surface area (Å²) in [5.41, 5.74) is -0.160. The Balaban J connectivity index is 4.73. The Morgan fingerprint density at radius 1 is 0.793 bits per heavy atom. The van der Waals surface area contributed by atoms with Gasteiger partial charge in [-0.05, 0) is 24.7 Å². The molecule has 0 aromatic heterocycles. The predicted octanol–water partition coefficient (Wildman–Crippen LogP) is 4.34. The Hall–Kier alpha value is -1.79. The lowest BCUT2D eigenvalue weighted by Crippen LogP contribution is -2.52. The summed E-state index contributed by atoms with van der Waals surface area (Å²) >= 11 is 0. The zero-order valence-electron chi connectivity index (χ0n) is 19.3. The molecule has 2 amide bonds. The van der Waals surface area contributed by atoms with Crippen LogP contribution in [-0.2, 0) is 19.1 Å². The topological polar surface area (TPSA) is 93.7 Å². The van der Waals surface area contributed by atoms with Gasteiger partial charge >= 0.3 is 12.1 Å². The Bertz CT molecular complexity index is 488. The molecular formula is C22H42N2O5. The monoisotopic (exact) mass is 414 g/mol. The second-order valence-electron chi connectivity index (χ2n) is 8.70. The first kappa shape index (κ1) is 27.2. The van der Waals surface area contributed by atoms with Crippen LogP contribution in [0, 0.1) is 5.41 Å². The fourth-order valence-electron chi connectivity index (χ4n) is 2.64. The van der Waals surface area contributed by atoms with E-state index in [2.05, 4.69) is 17.6 Å². The third-order valence-corrected chi connectivity index (χ3v) is 4.24. The summed E-state index contributed by atoms with van der Waals surface area (Å²) in [6, 6.07) is -1.45. The summed E-state index contributed by atoms with van der Waals surface area (Å²) < 4.78 is 10.5. The number of carbonyl (C=O) groups is 3. The van der Waals surface area contributed by atoms with E-state index in [9.17, 15) is 14.4 Å². The van der Waals surface area contributed by atoms with Crippen molar-refractivity contribution in [1.29, 1.82) is 0 Å². The van der Waals surface area contributed by atoms with Gasteiger partial charge in [0.15, 0.2) is 0 Å². The molecule has 0 spiro atoms. The summed E-state index contributed by atoms with van der Waals surface area (Å²) in [6.07, 6.45) is 5.84. The second-order valence-corrected chi connectivity index (χ2v) is 8.70. The van der Waals surface area contributed by atoms with Crippen LogP contribution in [0.2, 0.25) is 0 Å². The number of alkyl carbamates (subject to hydrolysis) is 1. The number of unbranched alkanes of at least 4 members (excludes halogenated alkanes) is 3. The molecule has 0 aliphatic carbocycles. The minimum atomic E-state index is -0.746. The molecule has 170 valence electrons. The molecular weight excluding hydrogens is 372 g/mol. The molecule has 0 aliphatic rings. The van der Waals surface area contributed by atoms with Crippen LogP contribution in [0.4, 0.5) is 4.79 Å². The molecule has 29 heavy (non-hydrogen) atoms. The molecule has 0 rings (SSSR count). The van der Waals surface area contributed by atoms with Crippen LogP contribution in [0.3, 0.4) is 0 Å². The van der Waals surface area contributed by atoms with Crippen molar-refractivity contribution in [3.63, 3.8) is 0 Å². The van der Waals surface area contributed by atoms with Crippen LogP contribution in [0.25, 0.3) is 0 Å². The van der Waals surface area contributed by atoms with Gasteiger partial charge in [-0.2, -0.15) is 0 Å². The van der Waals surface area contributed by atoms with Gasteiger partial charge in [-0.15, -0.1) is 0 Å². The molecule has 0 aliphatic heterocycles. The van der Waals surface area contributed by atoms with Gasteiger partial charge in [0.25, 0.3) is 0 Å². The van der Waals surface area contributed by atoms with Crippen LogP contribution in [0.5, 0.6) is 0 Å². The highest BCUT2D eigenvalue weighted by molar-refractivity contribution is 5.89. The summed E-state index contributed by atoms with van der Waals surface area (Å²) in [4.78, 5) is 37.1. The molecule has 0 aromatic carbocycles. The quantitative estimate of drug-likeness (QED) is 0.326. The van der Waals surface area contributed by atoms with Crippen molar-refractivity contribution >= 4 is 18.0 Å². The van der Waals surface area contributed by atoms with E-state index in [1.165, 1.54) is 0 Å². The summed E-state index contributed by atoms with van der Waals surface area (Å²) in [5.74, 6) is -0.803. The van der Waals surface area contributed by atoms with Crippen LogP contribution >= 0.6 is 0 Å². The number of nitrogens with one attached hydrogen (secondary N) is 2. The third-order valence-electron chi connectivity index (χ3n) is 4.24. The van der Waals surface area contributed by atoms with Gasteiger partial charge in [0.05, 0.1) is 13.2 Å². The van der Waals surface area contributed by atoms with Crippen molar-refractivity contribution in [2.45, 2.75) is 105 Å². The van der Waals surface area contributed by atoms with Gasteiger partial charge in [-0.25, -0.2) is 9.59 Å². The van der Waals surface area contributed by atoms with Gasteiger partial charge in [-0.1, -0.05) is 73.6 Å². The smallest absolute Gasteiger partial charge is 0.407 e. The maximum absolute atomic E-state index is 12.7. The zero-order valence-corrected chi connectivity index (χ0v) is 19.3. The molecule has 2 N–H and O–H groups in total. The lowest BCUT2D eigenvalue weighted by Gasteiger charge is -2.23. The normalized spacial score (nSPS) is 13.3.